The third-order valence-electron chi connectivity index (χ3n) is 2.33. The SMILES string of the molecule is CCCc1sc(=O)[nH]c1-c1ccc(Cl)cc1. The summed E-state index contributed by atoms with van der Waals surface area (Å²) in [5.41, 5.74) is 1.96. The lowest BCUT2D eigenvalue weighted by molar-refractivity contribution is 0.938. The fourth-order valence-electron chi connectivity index (χ4n) is 1.61. The summed E-state index contributed by atoms with van der Waals surface area (Å²) < 4.78 is 0. The molecule has 16 heavy (non-hydrogen) atoms. The van der Waals surface area contributed by atoms with E-state index in [2.05, 4.69) is 11.9 Å². The van der Waals surface area contributed by atoms with Crippen LogP contribution >= 0.6 is 22.9 Å². The molecule has 0 bridgehead atoms. The minimum Gasteiger partial charge on any atom is -0.312 e. The van der Waals surface area contributed by atoms with E-state index in [1.807, 2.05) is 24.3 Å². The second-order valence-electron chi connectivity index (χ2n) is 3.57. The Morgan fingerprint density at radius 1 is 1.31 bits per heavy atom. The van der Waals surface area contributed by atoms with Gasteiger partial charge in [-0.25, -0.2) is 0 Å². The summed E-state index contributed by atoms with van der Waals surface area (Å²) in [6.45, 7) is 2.11. The summed E-state index contributed by atoms with van der Waals surface area (Å²) in [5.74, 6) is 0. The zero-order valence-electron chi connectivity index (χ0n) is 8.92. The molecule has 4 heteroatoms. The van der Waals surface area contributed by atoms with Gasteiger partial charge in [0.05, 0.1) is 5.69 Å². The quantitative estimate of drug-likeness (QED) is 0.889. The fraction of sp³-hybridized carbons (Fsp3) is 0.250. The van der Waals surface area contributed by atoms with E-state index in [-0.39, 0.29) is 4.87 Å². The third-order valence-corrected chi connectivity index (χ3v) is 3.53. The van der Waals surface area contributed by atoms with Crippen molar-refractivity contribution in [1.82, 2.24) is 4.98 Å². The van der Waals surface area contributed by atoms with Crippen LogP contribution in [0, 0.1) is 0 Å². The second-order valence-corrected chi connectivity index (χ2v) is 5.07. The van der Waals surface area contributed by atoms with Crippen molar-refractivity contribution in [2.45, 2.75) is 19.8 Å². The molecular formula is C12H12ClNOS. The molecule has 0 aliphatic heterocycles. The Morgan fingerprint density at radius 2 is 2.00 bits per heavy atom. The lowest BCUT2D eigenvalue weighted by Crippen LogP contribution is -1.92. The lowest BCUT2D eigenvalue weighted by Gasteiger charge is -2.01. The van der Waals surface area contributed by atoms with Crippen LogP contribution < -0.4 is 4.87 Å². The number of aryl methyl sites for hydroxylation is 1. The number of aromatic amines is 1. The van der Waals surface area contributed by atoms with Gasteiger partial charge in [0.2, 0.25) is 0 Å². The second kappa shape index (κ2) is 4.85. The van der Waals surface area contributed by atoms with Crippen LogP contribution in [0.1, 0.15) is 18.2 Å². The summed E-state index contributed by atoms with van der Waals surface area (Å²) >= 11 is 7.13. The maximum Gasteiger partial charge on any atom is 0.305 e. The number of halogens is 1. The molecule has 0 atom stereocenters. The Hall–Kier alpha value is -1.06. The van der Waals surface area contributed by atoms with E-state index >= 15 is 0 Å². The molecule has 84 valence electrons. The first-order valence-electron chi connectivity index (χ1n) is 5.18. The van der Waals surface area contributed by atoms with Gasteiger partial charge in [-0.15, -0.1) is 0 Å². The molecule has 0 amide bonds. The van der Waals surface area contributed by atoms with Gasteiger partial charge in [0, 0.05) is 9.90 Å². The highest BCUT2D eigenvalue weighted by Crippen LogP contribution is 2.25. The number of benzene rings is 1. The fourth-order valence-corrected chi connectivity index (χ4v) is 2.69. The summed E-state index contributed by atoms with van der Waals surface area (Å²) in [6.07, 6.45) is 1.97. The minimum atomic E-state index is 0.00778. The van der Waals surface area contributed by atoms with Gasteiger partial charge in [0.1, 0.15) is 0 Å². The van der Waals surface area contributed by atoms with Gasteiger partial charge in [-0.3, -0.25) is 4.79 Å². The van der Waals surface area contributed by atoms with Crippen LogP contribution in [0.3, 0.4) is 0 Å². The highest BCUT2D eigenvalue weighted by molar-refractivity contribution is 7.09. The topological polar surface area (TPSA) is 32.9 Å². The molecule has 0 saturated heterocycles. The highest BCUT2D eigenvalue weighted by atomic mass is 35.5. The molecule has 2 nitrogen and oxygen atoms in total. The van der Waals surface area contributed by atoms with Crippen molar-refractivity contribution >= 4 is 22.9 Å². The van der Waals surface area contributed by atoms with E-state index in [0.29, 0.717) is 5.02 Å². The Balaban J connectivity index is 2.46. The van der Waals surface area contributed by atoms with Gasteiger partial charge in [-0.05, 0) is 24.1 Å². The number of rotatable bonds is 3. The van der Waals surface area contributed by atoms with Gasteiger partial charge >= 0.3 is 4.87 Å². The van der Waals surface area contributed by atoms with Crippen LogP contribution in [0.2, 0.25) is 5.02 Å². The average Bonchev–Trinajstić information content (AvgIpc) is 2.61. The molecule has 0 fully saturated rings. The third kappa shape index (κ3) is 2.36. The molecule has 0 aliphatic carbocycles. The van der Waals surface area contributed by atoms with E-state index in [0.717, 1.165) is 29.0 Å². The zero-order valence-corrected chi connectivity index (χ0v) is 10.5. The first-order chi connectivity index (χ1) is 7.70. The lowest BCUT2D eigenvalue weighted by atomic mass is 10.1. The molecule has 1 aromatic heterocycles. The Labute approximate surface area is 103 Å². The molecule has 2 rings (SSSR count). The van der Waals surface area contributed by atoms with Crippen molar-refractivity contribution in [1.29, 1.82) is 0 Å². The largest absolute Gasteiger partial charge is 0.312 e. The van der Waals surface area contributed by atoms with E-state index in [1.165, 1.54) is 11.3 Å². The minimum absolute atomic E-state index is 0.00778. The van der Waals surface area contributed by atoms with Crippen LogP contribution in [-0.2, 0) is 6.42 Å². The van der Waals surface area contributed by atoms with E-state index < -0.39 is 0 Å². The van der Waals surface area contributed by atoms with Crippen LogP contribution in [0.5, 0.6) is 0 Å². The molecule has 0 saturated carbocycles. The monoisotopic (exact) mass is 253 g/mol. The number of hydrogen-bond acceptors (Lipinski definition) is 2. The number of H-pyrrole nitrogens is 1. The molecule has 0 unspecified atom stereocenters. The number of hydrogen-bond donors (Lipinski definition) is 1. The van der Waals surface area contributed by atoms with Crippen molar-refractivity contribution < 1.29 is 0 Å². The maximum absolute atomic E-state index is 11.4. The van der Waals surface area contributed by atoms with Crippen molar-refractivity contribution in [3.63, 3.8) is 0 Å². The van der Waals surface area contributed by atoms with Crippen molar-refractivity contribution in [2.75, 3.05) is 0 Å². The number of aromatic nitrogens is 1. The predicted molar refractivity (Wildman–Crippen MR) is 69.4 cm³/mol. The molecule has 2 aromatic rings. The first kappa shape index (κ1) is 11.4. The summed E-state index contributed by atoms with van der Waals surface area (Å²) in [5, 5.41) is 0.707. The summed E-state index contributed by atoms with van der Waals surface area (Å²) in [4.78, 5) is 15.4. The Bertz CT molecular complexity index is 527. The van der Waals surface area contributed by atoms with Crippen LogP contribution in [0.15, 0.2) is 29.1 Å². The molecule has 0 radical (unpaired) electrons. The standard InChI is InChI=1S/C12H12ClNOS/c1-2-3-10-11(14-12(15)16-10)8-4-6-9(13)7-5-8/h4-7H,2-3H2,1H3,(H,14,15). The van der Waals surface area contributed by atoms with E-state index in [4.69, 9.17) is 11.6 Å². The van der Waals surface area contributed by atoms with Crippen LogP contribution in [0.25, 0.3) is 11.3 Å². The number of nitrogens with one attached hydrogen (secondary N) is 1. The van der Waals surface area contributed by atoms with Gasteiger partial charge in [-0.1, -0.05) is 48.4 Å². The molecule has 1 N–H and O–H groups in total. The van der Waals surface area contributed by atoms with Crippen molar-refractivity contribution in [3.8, 4) is 11.3 Å². The molecule has 1 heterocycles. The van der Waals surface area contributed by atoms with Crippen LogP contribution in [-0.4, -0.2) is 4.98 Å². The molecule has 1 aromatic carbocycles. The van der Waals surface area contributed by atoms with Crippen molar-refractivity contribution in [2.24, 2.45) is 0 Å². The number of thiazole rings is 1. The highest BCUT2D eigenvalue weighted by Gasteiger charge is 2.09. The Kier molecular flexibility index (Phi) is 3.46. The normalized spacial score (nSPS) is 10.6. The summed E-state index contributed by atoms with van der Waals surface area (Å²) in [6, 6.07) is 7.53. The van der Waals surface area contributed by atoms with Crippen LogP contribution in [0.4, 0.5) is 0 Å². The summed E-state index contributed by atoms with van der Waals surface area (Å²) in [7, 11) is 0. The van der Waals surface area contributed by atoms with Gasteiger partial charge in [0.25, 0.3) is 0 Å². The Morgan fingerprint density at radius 3 is 2.62 bits per heavy atom. The van der Waals surface area contributed by atoms with Gasteiger partial charge in [0.15, 0.2) is 0 Å². The van der Waals surface area contributed by atoms with Crippen molar-refractivity contribution in [3.05, 3.63) is 43.8 Å². The first-order valence-corrected chi connectivity index (χ1v) is 6.38. The maximum atomic E-state index is 11.4. The van der Waals surface area contributed by atoms with Gasteiger partial charge in [-0.2, -0.15) is 0 Å². The average molecular weight is 254 g/mol. The molecular weight excluding hydrogens is 242 g/mol. The van der Waals surface area contributed by atoms with Gasteiger partial charge < -0.3 is 4.98 Å². The predicted octanol–water partition coefficient (Wildman–Crippen LogP) is 3.71. The molecule has 0 aliphatic rings. The van der Waals surface area contributed by atoms with E-state index in [1.54, 1.807) is 0 Å². The molecule has 0 spiro atoms. The zero-order chi connectivity index (χ0) is 11.5. The van der Waals surface area contributed by atoms with E-state index in [9.17, 15) is 4.79 Å². The smallest absolute Gasteiger partial charge is 0.305 e.